The first kappa shape index (κ1) is 16.5. The molecule has 0 spiro atoms. The third-order valence-electron chi connectivity index (χ3n) is 3.36. The second-order valence-corrected chi connectivity index (χ2v) is 6.87. The number of carbonyl (C=O) groups excluding carboxylic acids is 2. The fourth-order valence-corrected chi connectivity index (χ4v) is 3.13. The van der Waals surface area contributed by atoms with Crippen LogP contribution in [0, 0.1) is 0 Å². The molecule has 0 unspecified atom stereocenters. The van der Waals surface area contributed by atoms with Gasteiger partial charge in [-0.05, 0) is 31.2 Å². The molecule has 0 fully saturated rings. The lowest BCUT2D eigenvalue weighted by Gasteiger charge is -2.11. The summed E-state index contributed by atoms with van der Waals surface area (Å²) in [6.45, 7) is 1.44. The van der Waals surface area contributed by atoms with Crippen molar-refractivity contribution in [3.63, 3.8) is 0 Å². The maximum atomic E-state index is 11.9. The summed E-state index contributed by atoms with van der Waals surface area (Å²) in [5.41, 5.74) is 0.759. The first-order valence-electron chi connectivity index (χ1n) is 7.23. The molecular weight excluding hydrogens is 350 g/mol. The molecule has 7 heteroatoms. The number of halogens is 1. The molecule has 2 heterocycles. The summed E-state index contributed by atoms with van der Waals surface area (Å²) >= 11 is 6.86. The molecule has 0 bridgehead atoms. The number of fused-ring (bicyclic) bond motifs is 1. The van der Waals surface area contributed by atoms with Gasteiger partial charge in [-0.25, -0.2) is 4.79 Å². The molecule has 124 valence electrons. The average Bonchev–Trinajstić information content (AvgIpc) is 3.18. The molecule has 1 aromatic carbocycles. The molecule has 0 radical (unpaired) electrons. The highest BCUT2D eigenvalue weighted by atomic mass is 35.5. The number of ether oxygens (including phenoxy) is 1. The first-order valence-corrected chi connectivity index (χ1v) is 8.42. The number of esters is 1. The minimum absolute atomic E-state index is 0.334. The quantitative estimate of drug-likeness (QED) is 0.690. The van der Waals surface area contributed by atoms with Crippen LogP contribution >= 0.6 is 22.9 Å². The van der Waals surface area contributed by atoms with E-state index in [9.17, 15) is 9.59 Å². The van der Waals surface area contributed by atoms with Crippen molar-refractivity contribution in [2.75, 3.05) is 6.61 Å². The zero-order valence-corrected chi connectivity index (χ0v) is 14.3. The molecule has 3 rings (SSSR count). The predicted molar refractivity (Wildman–Crippen MR) is 92.4 cm³/mol. The van der Waals surface area contributed by atoms with Crippen molar-refractivity contribution < 1.29 is 18.7 Å². The summed E-state index contributed by atoms with van der Waals surface area (Å²) in [5.74, 6) is -0.335. The van der Waals surface area contributed by atoms with Crippen LogP contribution in [-0.2, 0) is 9.53 Å². The van der Waals surface area contributed by atoms with Crippen molar-refractivity contribution in [3.8, 4) is 0 Å². The summed E-state index contributed by atoms with van der Waals surface area (Å²) in [7, 11) is 0. The lowest BCUT2D eigenvalue weighted by atomic mass is 10.2. The highest BCUT2D eigenvalue weighted by molar-refractivity contribution is 7.17. The Morgan fingerprint density at radius 1 is 1.29 bits per heavy atom. The van der Waals surface area contributed by atoms with Crippen LogP contribution in [0.25, 0.3) is 11.0 Å². The zero-order valence-electron chi connectivity index (χ0n) is 12.7. The lowest BCUT2D eigenvalue weighted by Crippen LogP contribution is -2.30. The molecule has 0 saturated heterocycles. The average molecular weight is 364 g/mol. The van der Waals surface area contributed by atoms with E-state index in [1.54, 1.807) is 19.1 Å². The fourth-order valence-electron chi connectivity index (χ4n) is 2.20. The van der Waals surface area contributed by atoms with Crippen molar-refractivity contribution in [1.29, 1.82) is 0 Å². The molecule has 3 aromatic rings. The molecule has 2 aromatic heterocycles. The van der Waals surface area contributed by atoms with E-state index in [2.05, 4.69) is 5.32 Å². The molecule has 24 heavy (non-hydrogen) atoms. The summed E-state index contributed by atoms with van der Waals surface area (Å²) in [6.07, 6.45) is 0. The maximum absolute atomic E-state index is 11.9. The topological polar surface area (TPSA) is 68.5 Å². The van der Waals surface area contributed by atoms with Gasteiger partial charge in [0.2, 0.25) is 0 Å². The summed E-state index contributed by atoms with van der Waals surface area (Å²) in [5, 5.41) is 3.70. The van der Waals surface area contributed by atoms with Gasteiger partial charge in [-0.3, -0.25) is 4.79 Å². The Kier molecular flexibility index (Phi) is 4.87. The standard InChI is InChI=1S/C17H14ClNO4S/c1-10(13-8-11-4-2-3-5-12(11)23-13)19-16(20)9-22-17(21)14-6-7-15(18)24-14/h2-8,10H,9H2,1H3,(H,19,20)/t10-/m1/s1. The van der Waals surface area contributed by atoms with E-state index in [0.29, 0.717) is 15.0 Å². The number of furan rings is 1. The predicted octanol–water partition coefficient (Wildman–Crippen LogP) is 4.18. The van der Waals surface area contributed by atoms with E-state index < -0.39 is 11.9 Å². The number of amides is 1. The van der Waals surface area contributed by atoms with Gasteiger partial charge in [0.05, 0.1) is 10.4 Å². The molecule has 1 atom stereocenters. The largest absolute Gasteiger partial charge is 0.459 e. The second-order valence-electron chi connectivity index (χ2n) is 5.16. The first-order chi connectivity index (χ1) is 11.5. The number of rotatable bonds is 5. The van der Waals surface area contributed by atoms with Gasteiger partial charge >= 0.3 is 5.97 Å². The number of hydrogen-bond acceptors (Lipinski definition) is 5. The van der Waals surface area contributed by atoms with Gasteiger partial charge in [0.1, 0.15) is 16.2 Å². The van der Waals surface area contributed by atoms with Crippen molar-refractivity contribution in [3.05, 3.63) is 57.4 Å². The number of benzene rings is 1. The highest BCUT2D eigenvalue weighted by Crippen LogP contribution is 2.24. The molecule has 0 aliphatic rings. The van der Waals surface area contributed by atoms with E-state index in [4.69, 9.17) is 20.8 Å². The SMILES string of the molecule is C[C@@H](NC(=O)COC(=O)c1ccc(Cl)s1)c1cc2ccccc2o1. The van der Waals surface area contributed by atoms with Crippen LogP contribution in [-0.4, -0.2) is 18.5 Å². The molecule has 1 N–H and O–H groups in total. The van der Waals surface area contributed by atoms with Gasteiger partial charge in [-0.1, -0.05) is 29.8 Å². The van der Waals surface area contributed by atoms with Gasteiger partial charge in [0.25, 0.3) is 5.91 Å². The fraction of sp³-hybridized carbons (Fsp3) is 0.176. The minimum atomic E-state index is -0.571. The Morgan fingerprint density at radius 3 is 2.79 bits per heavy atom. The second kappa shape index (κ2) is 7.07. The number of carbonyl (C=O) groups is 2. The van der Waals surface area contributed by atoms with Crippen LogP contribution in [0.1, 0.15) is 28.4 Å². The summed E-state index contributed by atoms with van der Waals surface area (Å²) in [6, 6.07) is 12.3. The van der Waals surface area contributed by atoms with Crippen LogP contribution in [0.15, 0.2) is 46.9 Å². The Labute approximate surface area is 147 Å². The van der Waals surface area contributed by atoms with E-state index in [1.165, 1.54) is 0 Å². The Bertz CT molecular complexity index is 852. The monoisotopic (exact) mass is 363 g/mol. The van der Waals surface area contributed by atoms with Gasteiger partial charge in [-0.2, -0.15) is 0 Å². The number of thiophene rings is 1. The molecule has 5 nitrogen and oxygen atoms in total. The van der Waals surface area contributed by atoms with Crippen molar-refractivity contribution in [2.45, 2.75) is 13.0 Å². The van der Waals surface area contributed by atoms with Crippen molar-refractivity contribution >= 4 is 45.8 Å². The minimum Gasteiger partial charge on any atom is -0.459 e. The smallest absolute Gasteiger partial charge is 0.348 e. The van der Waals surface area contributed by atoms with Gasteiger partial charge in [0, 0.05) is 5.39 Å². The number of para-hydroxylation sites is 1. The Hall–Kier alpha value is -2.31. The van der Waals surface area contributed by atoms with Crippen LogP contribution in [0.4, 0.5) is 0 Å². The van der Waals surface area contributed by atoms with Crippen LogP contribution in [0.2, 0.25) is 4.34 Å². The highest BCUT2D eigenvalue weighted by Gasteiger charge is 2.16. The van der Waals surface area contributed by atoms with E-state index in [-0.39, 0.29) is 12.6 Å². The lowest BCUT2D eigenvalue weighted by molar-refractivity contribution is -0.125. The molecule has 0 aliphatic heterocycles. The third-order valence-corrected chi connectivity index (χ3v) is 4.57. The zero-order chi connectivity index (χ0) is 17.1. The van der Waals surface area contributed by atoms with Gasteiger partial charge in [0.15, 0.2) is 6.61 Å². The van der Waals surface area contributed by atoms with Gasteiger partial charge < -0.3 is 14.5 Å². The Balaban J connectivity index is 1.55. The van der Waals surface area contributed by atoms with Crippen LogP contribution in [0.3, 0.4) is 0 Å². The summed E-state index contributed by atoms with van der Waals surface area (Å²) in [4.78, 5) is 24.1. The normalized spacial score (nSPS) is 12.1. The molecule has 1 amide bonds. The van der Waals surface area contributed by atoms with E-state index >= 15 is 0 Å². The maximum Gasteiger partial charge on any atom is 0.348 e. The molecular formula is C17H14ClNO4S. The van der Waals surface area contributed by atoms with Crippen LogP contribution < -0.4 is 5.32 Å². The Morgan fingerprint density at radius 2 is 2.08 bits per heavy atom. The summed E-state index contributed by atoms with van der Waals surface area (Å²) < 4.78 is 11.2. The van der Waals surface area contributed by atoms with Crippen molar-refractivity contribution in [2.24, 2.45) is 0 Å². The molecule has 0 aliphatic carbocycles. The van der Waals surface area contributed by atoms with Gasteiger partial charge in [-0.15, -0.1) is 11.3 Å². The van der Waals surface area contributed by atoms with E-state index in [1.807, 2.05) is 30.3 Å². The van der Waals surface area contributed by atoms with Crippen molar-refractivity contribution in [1.82, 2.24) is 5.32 Å². The number of hydrogen-bond donors (Lipinski definition) is 1. The van der Waals surface area contributed by atoms with E-state index in [0.717, 1.165) is 22.3 Å². The van der Waals surface area contributed by atoms with Crippen LogP contribution in [0.5, 0.6) is 0 Å². The third kappa shape index (κ3) is 3.77. The molecule has 0 saturated carbocycles. The number of nitrogens with one attached hydrogen (secondary N) is 1.